The molecule has 0 bridgehead atoms. The largest absolute Gasteiger partial charge is 0.323 e. The molecule has 0 spiro atoms. The van der Waals surface area contributed by atoms with Crippen molar-refractivity contribution in [2.75, 3.05) is 0 Å². The van der Waals surface area contributed by atoms with Gasteiger partial charge in [-0.1, -0.05) is 0 Å². The van der Waals surface area contributed by atoms with Gasteiger partial charge in [-0.3, -0.25) is 4.98 Å². The van der Waals surface area contributed by atoms with E-state index in [4.69, 9.17) is 5.73 Å². The number of nitrogens with two attached hydrogens (primary N) is 1. The Morgan fingerprint density at radius 3 is 2.81 bits per heavy atom. The molecule has 0 aromatic carbocycles. The second-order valence-electron chi connectivity index (χ2n) is 3.75. The lowest BCUT2D eigenvalue weighted by Crippen LogP contribution is -2.13. The van der Waals surface area contributed by atoms with Crippen LogP contribution < -0.4 is 5.73 Å². The third-order valence-corrected chi connectivity index (χ3v) is 4.08. The van der Waals surface area contributed by atoms with Crippen LogP contribution in [0, 0.1) is 6.92 Å². The van der Waals surface area contributed by atoms with E-state index in [1.807, 2.05) is 18.3 Å². The maximum atomic E-state index is 6.17. The molecule has 2 rings (SSSR count). The third-order valence-electron chi connectivity index (χ3n) is 2.46. The van der Waals surface area contributed by atoms with Gasteiger partial charge in [0.2, 0.25) is 0 Å². The first-order chi connectivity index (χ1) is 7.66. The number of nitrogens with zero attached hydrogens (tertiary/aromatic N) is 1. The Balaban J connectivity index is 2.10. The van der Waals surface area contributed by atoms with Gasteiger partial charge in [0, 0.05) is 33.7 Å². The molecule has 84 valence electrons. The van der Waals surface area contributed by atoms with Crippen molar-refractivity contribution in [1.29, 1.82) is 0 Å². The van der Waals surface area contributed by atoms with Gasteiger partial charge < -0.3 is 5.73 Å². The molecule has 0 saturated heterocycles. The van der Waals surface area contributed by atoms with Crippen molar-refractivity contribution in [3.05, 3.63) is 50.4 Å². The topological polar surface area (TPSA) is 38.9 Å². The summed E-state index contributed by atoms with van der Waals surface area (Å²) in [4.78, 5) is 5.59. The first-order valence-electron chi connectivity index (χ1n) is 5.07. The zero-order valence-corrected chi connectivity index (χ0v) is 11.4. The molecule has 0 saturated carbocycles. The van der Waals surface area contributed by atoms with Gasteiger partial charge in [0.25, 0.3) is 0 Å². The quantitative estimate of drug-likeness (QED) is 0.942. The number of hydrogen-bond donors (Lipinski definition) is 1. The Morgan fingerprint density at radius 1 is 1.44 bits per heavy atom. The molecule has 16 heavy (non-hydrogen) atoms. The summed E-state index contributed by atoms with van der Waals surface area (Å²) < 4.78 is 0.997. The molecule has 0 amide bonds. The fraction of sp³-hybridized carbons (Fsp3) is 0.250. The first kappa shape index (κ1) is 11.8. The van der Waals surface area contributed by atoms with E-state index in [2.05, 4.69) is 39.3 Å². The van der Waals surface area contributed by atoms with Crippen LogP contribution >= 0.6 is 27.3 Å². The van der Waals surface area contributed by atoms with Crippen molar-refractivity contribution < 1.29 is 0 Å². The normalized spacial score (nSPS) is 12.7. The number of pyridine rings is 1. The zero-order valence-electron chi connectivity index (χ0n) is 8.98. The summed E-state index contributed by atoms with van der Waals surface area (Å²) in [5, 5.41) is 2.08. The highest BCUT2D eigenvalue weighted by molar-refractivity contribution is 9.10. The van der Waals surface area contributed by atoms with Gasteiger partial charge in [-0.15, -0.1) is 11.3 Å². The van der Waals surface area contributed by atoms with Gasteiger partial charge in [0.1, 0.15) is 0 Å². The van der Waals surface area contributed by atoms with Crippen LogP contribution in [0.5, 0.6) is 0 Å². The van der Waals surface area contributed by atoms with E-state index in [1.54, 1.807) is 11.3 Å². The van der Waals surface area contributed by atoms with E-state index >= 15 is 0 Å². The Morgan fingerprint density at radius 2 is 2.25 bits per heavy atom. The summed E-state index contributed by atoms with van der Waals surface area (Å²) in [5.74, 6) is 0. The predicted octanol–water partition coefficient (Wildman–Crippen LogP) is 3.46. The number of aromatic nitrogens is 1. The van der Waals surface area contributed by atoms with Crippen LogP contribution in [0.15, 0.2) is 34.2 Å². The SMILES string of the molecule is Cc1ccsc1C(N)Cc1ccc(Br)cn1. The minimum atomic E-state index is 0.0497. The van der Waals surface area contributed by atoms with E-state index in [9.17, 15) is 0 Å². The Labute approximate surface area is 108 Å². The minimum absolute atomic E-state index is 0.0497. The summed E-state index contributed by atoms with van der Waals surface area (Å²) in [5.41, 5.74) is 8.47. The number of rotatable bonds is 3. The zero-order chi connectivity index (χ0) is 11.5. The van der Waals surface area contributed by atoms with Crippen LogP contribution in [0.2, 0.25) is 0 Å². The van der Waals surface area contributed by atoms with Crippen molar-refractivity contribution >= 4 is 27.3 Å². The lowest BCUT2D eigenvalue weighted by molar-refractivity contribution is 0.715. The van der Waals surface area contributed by atoms with Crippen LogP contribution in [0.4, 0.5) is 0 Å². The number of hydrogen-bond acceptors (Lipinski definition) is 3. The second kappa shape index (κ2) is 5.08. The fourth-order valence-corrected chi connectivity index (χ4v) is 2.77. The van der Waals surface area contributed by atoms with E-state index < -0.39 is 0 Å². The maximum absolute atomic E-state index is 6.17. The highest BCUT2D eigenvalue weighted by Gasteiger charge is 2.11. The molecule has 2 heterocycles. The van der Waals surface area contributed by atoms with E-state index in [1.165, 1.54) is 10.4 Å². The molecule has 4 heteroatoms. The molecule has 0 aliphatic heterocycles. The molecule has 0 aliphatic rings. The van der Waals surface area contributed by atoms with E-state index in [-0.39, 0.29) is 6.04 Å². The third kappa shape index (κ3) is 2.70. The molecule has 1 unspecified atom stereocenters. The van der Waals surface area contributed by atoms with Crippen molar-refractivity contribution in [2.45, 2.75) is 19.4 Å². The summed E-state index contributed by atoms with van der Waals surface area (Å²) >= 11 is 5.09. The smallest absolute Gasteiger partial charge is 0.0448 e. The molecule has 2 nitrogen and oxygen atoms in total. The van der Waals surface area contributed by atoms with Crippen molar-refractivity contribution in [3.8, 4) is 0 Å². The van der Waals surface area contributed by atoms with Gasteiger partial charge in [0.05, 0.1) is 0 Å². The minimum Gasteiger partial charge on any atom is -0.323 e. The fourth-order valence-electron chi connectivity index (χ4n) is 1.61. The summed E-state index contributed by atoms with van der Waals surface area (Å²) in [7, 11) is 0. The Hall–Kier alpha value is -0.710. The summed E-state index contributed by atoms with van der Waals surface area (Å²) in [6.45, 7) is 2.10. The van der Waals surface area contributed by atoms with Crippen LogP contribution in [0.3, 0.4) is 0 Å². The summed E-state index contributed by atoms with van der Waals surface area (Å²) in [6.07, 6.45) is 2.60. The van der Waals surface area contributed by atoms with Gasteiger partial charge in [-0.05, 0) is 52.0 Å². The first-order valence-corrected chi connectivity index (χ1v) is 6.74. The van der Waals surface area contributed by atoms with E-state index in [0.717, 1.165) is 16.6 Å². The van der Waals surface area contributed by atoms with Crippen LogP contribution in [-0.4, -0.2) is 4.98 Å². The second-order valence-corrected chi connectivity index (χ2v) is 5.61. The van der Waals surface area contributed by atoms with Gasteiger partial charge in [-0.2, -0.15) is 0 Å². The molecule has 0 aliphatic carbocycles. The molecule has 2 aromatic heterocycles. The molecule has 2 aromatic rings. The van der Waals surface area contributed by atoms with Crippen LogP contribution in [-0.2, 0) is 6.42 Å². The number of halogens is 1. The molecular weight excluding hydrogens is 284 g/mol. The predicted molar refractivity (Wildman–Crippen MR) is 71.6 cm³/mol. The molecule has 1 atom stereocenters. The highest BCUT2D eigenvalue weighted by Crippen LogP contribution is 2.24. The van der Waals surface area contributed by atoms with Crippen molar-refractivity contribution in [2.24, 2.45) is 5.73 Å². The van der Waals surface area contributed by atoms with Gasteiger partial charge >= 0.3 is 0 Å². The van der Waals surface area contributed by atoms with Crippen molar-refractivity contribution in [3.63, 3.8) is 0 Å². The molecule has 0 radical (unpaired) electrons. The maximum Gasteiger partial charge on any atom is 0.0448 e. The average Bonchev–Trinajstić information content (AvgIpc) is 2.68. The average molecular weight is 297 g/mol. The lowest BCUT2D eigenvalue weighted by Gasteiger charge is -2.10. The molecule has 0 fully saturated rings. The summed E-state index contributed by atoms with van der Waals surface area (Å²) in [6, 6.07) is 6.16. The standard InChI is InChI=1S/C12H13BrN2S/c1-8-4-5-16-12(8)11(14)6-10-3-2-9(13)7-15-10/h2-5,7,11H,6,14H2,1H3. The lowest BCUT2D eigenvalue weighted by atomic mass is 10.1. The van der Waals surface area contributed by atoms with Gasteiger partial charge in [-0.25, -0.2) is 0 Å². The molecule has 2 N–H and O–H groups in total. The molecular formula is C12H13BrN2S. The van der Waals surface area contributed by atoms with Crippen LogP contribution in [0.1, 0.15) is 22.2 Å². The number of aryl methyl sites for hydroxylation is 1. The Bertz CT molecular complexity index is 464. The van der Waals surface area contributed by atoms with Crippen LogP contribution in [0.25, 0.3) is 0 Å². The highest BCUT2D eigenvalue weighted by atomic mass is 79.9. The number of thiophene rings is 1. The monoisotopic (exact) mass is 296 g/mol. The Kier molecular flexibility index (Phi) is 3.74. The van der Waals surface area contributed by atoms with Crippen molar-refractivity contribution in [1.82, 2.24) is 4.98 Å². The van der Waals surface area contributed by atoms with Gasteiger partial charge in [0.15, 0.2) is 0 Å². The van der Waals surface area contributed by atoms with E-state index in [0.29, 0.717) is 0 Å².